The lowest BCUT2D eigenvalue weighted by atomic mass is 9.67. The third-order valence-electron chi connectivity index (χ3n) is 6.76. The van der Waals surface area contributed by atoms with E-state index in [1.165, 1.54) is 12.8 Å². The van der Waals surface area contributed by atoms with Gasteiger partial charge in [-0.1, -0.05) is 45.9 Å². The molecule has 32 heavy (non-hydrogen) atoms. The lowest BCUT2D eigenvalue weighted by molar-refractivity contribution is 0.136. The van der Waals surface area contributed by atoms with Crippen LogP contribution in [0.15, 0.2) is 30.3 Å². The molecule has 0 spiro atoms. The quantitative estimate of drug-likeness (QED) is 0.467. The molecular weight excluding hydrogens is 402 g/mol. The van der Waals surface area contributed by atoms with Gasteiger partial charge >= 0.3 is 6.09 Å². The van der Waals surface area contributed by atoms with Crippen LogP contribution in [-0.2, 0) is 12.8 Å². The molecule has 4 rings (SSSR count). The van der Waals surface area contributed by atoms with Crippen LogP contribution in [0.2, 0.25) is 0 Å². The Balaban J connectivity index is 1.69. The van der Waals surface area contributed by atoms with Crippen molar-refractivity contribution in [1.82, 2.24) is 14.6 Å². The molecule has 1 aliphatic rings. The molecule has 0 aliphatic heterocycles. The van der Waals surface area contributed by atoms with Gasteiger partial charge in [0.05, 0.1) is 6.57 Å². The summed E-state index contributed by atoms with van der Waals surface area (Å²) in [4.78, 5) is 21.2. The topological polar surface area (TPSA) is 75.8 Å². The highest BCUT2D eigenvalue weighted by molar-refractivity contribution is 5.88. The lowest BCUT2D eigenvalue weighted by Crippen LogP contribution is -2.30. The molecule has 2 aromatic heterocycles. The van der Waals surface area contributed by atoms with Crippen molar-refractivity contribution in [3.05, 3.63) is 53.1 Å². The fourth-order valence-electron chi connectivity index (χ4n) is 5.30. The molecule has 2 heterocycles. The van der Waals surface area contributed by atoms with Gasteiger partial charge in [0.2, 0.25) is 5.88 Å². The Labute approximate surface area is 189 Å². The predicted octanol–water partition coefficient (Wildman–Crippen LogP) is 6.25. The van der Waals surface area contributed by atoms with Gasteiger partial charge in [0.15, 0.2) is 0 Å². The van der Waals surface area contributed by atoms with Gasteiger partial charge in [0, 0.05) is 17.7 Å². The Morgan fingerprint density at radius 2 is 1.94 bits per heavy atom. The van der Waals surface area contributed by atoms with E-state index in [0.717, 1.165) is 30.1 Å². The van der Waals surface area contributed by atoms with Gasteiger partial charge in [-0.25, -0.2) is 19.1 Å². The van der Waals surface area contributed by atoms with E-state index in [9.17, 15) is 4.79 Å². The summed E-state index contributed by atoms with van der Waals surface area (Å²) >= 11 is 0. The number of carbonyl (C=O) groups excluding carboxylic acids is 1. The van der Waals surface area contributed by atoms with Crippen LogP contribution >= 0.6 is 0 Å². The zero-order valence-electron chi connectivity index (χ0n) is 19.2. The standard InChI is InChI=1S/C25H31N5O2/c1-6-21-28-23-20(14-19-16(3)12-15(2)13-17(19)4)22(26-5)24(30(23)29-21)32-25(31)27-18-10-8-7-9-11-18/h7-11,15-17,19H,6,12-14H2,1-4H3,(H,27,31)(H,28,29). The molecule has 2 unspecified atom stereocenters. The van der Waals surface area contributed by atoms with Crippen molar-refractivity contribution in [2.75, 3.05) is 5.32 Å². The van der Waals surface area contributed by atoms with Gasteiger partial charge in [-0.05, 0) is 55.1 Å². The number of rotatable bonds is 5. The van der Waals surface area contributed by atoms with E-state index in [1.54, 1.807) is 16.6 Å². The van der Waals surface area contributed by atoms with E-state index < -0.39 is 6.09 Å². The maximum absolute atomic E-state index is 12.6. The molecule has 0 bridgehead atoms. The van der Waals surface area contributed by atoms with E-state index in [0.29, 0.717) is 34.8 Å². The molecular formula is C25H31N5O2. The first kappa shape index (κ1) is 21.9. The molecule has 1 amide bonds. The fraction of sp³-hybridized carbons (Fsp3) is 0.480. The summed E-state index contributed by atoms with van der Waals surface area (Å²) in [5.41, 5.74) is 2.56. The first-order valence-corrected chi connectivity index (χ1v) is 11.4. The number of benzene rings is 1. The van der Waals surface area contributed by atoms with Gasteiger partial charge in [0.25, 0.3) is 5.69 Å². The summed E-state index contributed by atoms with van der Waals surface area (Å²) in [7, 11) is 0. The molecule has 168 valence electrons. The van der Waals surface area contributed by atoms with Gasteiger partial charge < -0.3 is 4.74 Å². The second kappa shape index (κ2) is 9.07. The Hall–Kier alpha value is -3.27. The zero-order chi connectivity index (χ0) is 22.8. The molecule has 2 atom stereocenters. The van der Waals surface area contributed by atoms with Gasteiger partial charge in [-0.3, -0.25) is 10.4 Å². The van der Waals surface area contributed by atoms with Crippen LogP contribution in [0.4, 0.5) is 16.2 Å². The largest absolute Gasteiger partial charge is 0.417 e. The molecule has 3 aromatic rings. The fourth-order valence-corrected chi connectivity index (χ4v) is 5.30. The van der Waals surface area contributed by atoms with Crippen LogP contribution in [0.3, 0.4) is 0 Å². The van der Waals surface area contributed by atoms with Crippen LogP contribution < -0.4 is 10.1 Å². The number of ether oxygens (including phenoxy) is 1. The Bertz CT molecular complexity index is 1130. The number of para-hydroxylation sites is 1. The summed E-state index contributed by atoms with van der Waals surface area (Å²) < 4.78 is 7.34. The third kappa shape index (κ3) is 4.22. The van der Waals surface area contributed by atoms with Crippen LogP contribution in [0.5, 0.6) is 5.88 Å². The number of anilines is 1. The Morgan fingerprint density at radius 1 is 1.25 bits per heavy atom. The number of fused-ring (bicyclic) bond motifs is 1. The van der Waals surface area contributed by atoms with Crippen molar-refractivity contribution < 1.29 is 9.53 Å². The number of aromatic nitrogens is 3. The second-order valence-electron chi connectivity index (χ2n) is 9.21. The van der Waals surface area contributed by atoms with E-state index >= 15 is 0 Å². The zero-order valence-corrected chi connectivity index (χ0v) is 19.2. The van der Waals surface area contributed by atoms with Gasteiger partial charge in [-0.2, -0.15) is 0 Å². The molecule has 0 radical (unpaired) electrons. The molecule has 2 N–H and O–H groups in total. The number of amides is 1. The lowest BCUT2D eigenvalue weighted by Gasteiger charge is -2.38. The van der Waals surface area contributed by atoms with Gasteiger partial charge in [-0.15, -0.1) is 0 Å². The second-order valence-corrected chi connectivity index (χ2v) is 9.21. The van der Waals surface area contributed by atoms with E-state index in [4.69, 9.17) is 16.3 Å². The molecule has 1 saturated carbocycles. The van der Waals surface area contributed by atoms with Crippen molar-refractivity contribution in [1.29, 1.82) is 0 Å². The van der Waals surface area contributed by atoms with E-state index in [-0.39, 0.29) is 5.88 Å². The summed E-state index contributed by atoms with van der Waals surface area (Å²) in [6.45, 7) is 16.8. The third-order valence-corrected chi connectivity index (χ3v) is 6.76. The van der Waals surface area contributed by atoms with Crippen molar-refractivity contribution in [3.8, 4) is 5.88 Å². The van der Waals surface area contributed by atoms with Crippen molar-refractivity contribution in [3.63, 3.8) is 0 Å². The van der Waals surface area contributed by atoms with Crippen LogP contribution in [-0.4, -0.2) is 20.7 Å². The van der Waals surface area contributed by atoms with Gasteiger partial charge in [0.1, 0.15) is 11.5 Å². The average molecular weight is 434 g/mol. The number of H-pyrrole nitrogens is 1. The average Bonchev–Trinajstić information content (AvgIpc) is 3.29. The van der Waals surface area contributed by atoms with Crippen LogP contribution in [0.1, 0.15) is 51.9 Å². The van der Waals surface area contributed by atoms with E-state index in [2.05, 4.69) is 36.0 Å². The molecule has 7 nitrogen and oxygen atoms in total. The molecule has 1 fully saturated rings. The van der Waals surface area contributed by atoms with Crippen molar-refractivity contribution in [2.24, 2.45) is 23.7 Å². The minimum atomic E-state index is -0.632. The monoisotopic (exact) mass is 433 g/mol. The maximum atomic E-state index is 12.6. The highest BCUT2D eigenvalue weighted by Crippen LogP contribution is 2.44. The van der Waals surface area contributed by atoms with E-state index in [1.807, 2.05) is 25.1 Å². The summed E-state index contributed by atoms with van der Waals surface area (Å²) in [6, 6.07) is 9.12. The Kier molecular flexibility index (Phi) is 6.22. The first-order valence-electron chi connectivity index (χ1n) is 11.4. The van der Waals surface area contributed by atoms with Crippen molar-refractivity contribution >= 4 is 23.1 Å². The number of nitrogens with one attached hydrogen (secondary N) is 2. The highest BCUT2D eigenvalue weighted by Gasteiger charge is 2.34. The van der Waals surface area contributed by atoms with Crippen molar-refractivity contribution in [2.45, 2.75) is 53.4 Å². The molecule has 1 aromatic carbocycles. The minimum absolute atomic E-state index is 0.204. The molecule has 1 aliphatic carbocycles. The number of carbonyl (C=O) groups is 1. The number of aromatic amines is 1. The van der Waals surface area contributed by atoms with Crippen LogP contribution in [0, 0.1) is 30.2 Å². The first-order chi connectivity index (χ1) is 15.4. The Morgan fingerprint density at radius 3 is 2.56 bits per heavy atom. The normalized spacial score (nSPS) is 23.1. The maximum Gasteiger partial charge on any atom is 0.417 e. The number of nitrogens with zero attached hydrogens (tertiary/aromatic N) is 3. The number of aryl methyl sites for hydroxylation is 1. The summed E-state index contributed by atoms with van der Waals surface area (Å²) in [5, 5.41) is 5.93. The summed E-state index contributed by atoms with van der Waals surface area (Å²) in [5.74, 6) is 3.32. The highest BCUT2D eigenvalue weighted by atomic mass is 16.6. The number of hydrogen-bond acceptors (Lipinski definition) is 3. The SMILES string of the molecule is [C-]#[N+]c1c(CC2C(C)CC(C)CC2C)c2nc(CC)[nH]n2c1OC(=O)Nc1ccccc1. The molecule has 7 heteroatoms. The van der Waals surface area contributed by atoms with Crippen LogP contribution in [0.25, 0.3) is 10.5 Å². The summed E-state index contributed by atoms with van der Waals surface area (Å²) in [6.07, 6.45) is 3.24. The minimum Gasteiger partial charge on any atom is -0.402 e. The predicted molar refractivity (Wildman–Crippen MR) is 125 cm³/mol. The molecule has 0 saturated heterocycles. The number of hydrogen-bond donors (Lipinski definition) is 2. The smallest absolute Gasteiger partial charge is 0.402 e.